The smallest absolute Gasteiger partial charge is 0.160 e. The van der Waals surface area contributed by atoms with Crippen LogP contribution in [0.25, 0.3) is 11.5 Å². The highest BCUT2D eigenvalue weighted by Crippen LogP contribution is 2.22. The molecule has 1 fully saturated rings. The summed E-state index contributed by atoms with van der Waals surface area (Å²) in [6, 6.07) is 8.18. The number of rotatable bonds is 6. The number of ether oxygens (including phenoxy) is 1. The zero-order valence-corrected chi connectivity index (χ0v) is 15.3. The predicted octanol–water partition coefficient (Wildman–Crippen LogP) is 1.76. The molecule has 3 aromatic rings. The lowest BCUT2D eigenvalue weighted by Gasteiger charge is -2.34. The number of morpholine rings is 1. The molecule has 0 spiro atoms. The summed E-state index contributed by atoms with van der Waals surface area (Å²) in [5.74, 6) is 1.55. The van der Waals surface area contributed by atoms with Gasteiger partial charge in [-0.2, -0.15) is 0 Å². The van der Waals surface area contributed by atoms with E-state index in [0.29, 0.717) is 0 Å². The monoisotopic (exact) mass is 365 g/mol. The van der Waals surface area contributed by atoms with Gasteiger partial charge in [-0.1, -0.05) is 6.07 Å². The lowest BCUT2D eigenvalue weighted by atomic mass is 10.1. The molecule has 0 aromatic carbocycles. The van der Waals surface area contributed by atoms with Crippen LogP contribution in [0.4, 0.5) is 5.82 Å². The third-order valence-electron chi connectivity index (χ3n) is 4.75. The molecule has 1 N–H and O–H groups in total. The van der Waals surface area contributed by atoms with Gasteiger partial charge in [0, 0.05) is 51.5 Å². The Labute approximate surface area is 158 Å². The van der Waals surface area contributed by atoms with Crippen molar-refractivity contribution in [3.05, 3.63) is 54.6 Å². The average molecular weight is 365 g/mol. The van der Waals surface area contributed by atoms with E-state index >= 15 is 0 Å². The van der Waals surface area contributed by atoms with Gasteiger partial charge in [-0.05, 0) is 23.8 Å². The Kier molecular flexibility index (Phi) is 5.36. The summed E-state index contributed by atoms with van der Waals surface area (Å²) in [6.45, 7) is 4.06. The zero-order valence-electron chi connectivity index (χ0n) is 15.3. The van der Waals surface area contributed by atoms with Crippen molar-refractivity contribution in [3.8, 4) is 11.5 Å². The molecule has 3 aromatic heterocycles. The van der Waals surface area contributed by atoms with Crippen LogP contribution in [0.15, 0.2) is 49.1 Å². The first kappa shape index (κ1) is 17.6. The number of aryl methyl sites for hydroxylation is 1. The van der Waals surface area contributed by atoms with Crippen molar-refractivity contribution in [1.29, 1.82) is 0 Å². The number of nitrogens with one attached hydrogen (secondary N) is 1. The summed E-state index contributed by atoms with van der Waals surface area (Å²) in [5, 5.41) is 12.0. The van der Waals surface area contributed by atoms with Crippen LogP contribution in [0.5, 0.6) is 0 Å². The maximum atomic E-state index is 5.50. The van der Waals surface area contributed by atoms with Gasteiger partial charge in [-0.3, -0.25) is 9.88 Å². The van der Waals surface area contributed by atoms with E-state index in [1.807, 2.05) is 42.2 Å². The fraction of sp³-hybridized carbons (Fsp3) is 0.368. The molecule has 4 rings (SSSR count). The van der Waals surface area contributed by atoms with E-state index in [2.05, 4.69) is 36.4 Å². The van der Waals surface area contributed by atoms with Gasteiger partial charge in [0.1, 0.15) is 11.5 Å². The lowest BCUT2D eigenvalue weighted by molar-refractivity contribution is 0.0186. The molecule has 0 unspecified atom stereocenters. The molecule has 8 nitrogen and oxygen atoms in total. The fourth-order valence-corrected chi connectivity index (χ4v) is 3.28. The van der Waals surface area contributed by atoms with Crippen LogP contribution in [0.1, 0.15) is 11.6 Å². The van der Waals surface area contributed by atoms with Crippen molar-refractivity contribution in [1.82, 2.24) is 29.6 Å². The first-order valence-corrected chi connectivity index (χ1v) is 9.08. The van der Waals surface area contributed by atoms with E-state index < -0.39 is 0 Å². The maximum absolute atomic E-state index is 5.50. The molecule has 1 aliphatic rings. The summed E-state index contributed by atoms with van der Waals surface area (Å²) < 4.78 is 7.42. The molecule has 1 aliphatic heterocycles. The Bertz CT molecular complexity index is 844. The number of aromatic nitrogens is 5. The molecule has 8 heteroatoms. The van der Waals surface area contributed by atoms with Gasteiger partial charge in [-0.25, -0.2) is 4.98 Å². The van der Waals surface area contributed by atoms with Gasteiger partial charge < -0.3 is 14.6 Å². The zero-order chi connectivity index (χ0) is 18.5. The molecule has 0 radical (unpaired) electrons. The van der Waals surface area contributed by atoms with Gasteiger partial charge in [0.2, 0.25) is 0 Å². The highest BCUT2D eigenvalue weighted by atomic mass is 16.5. The van der Waals surface area contributed by atoms with Gasteiger partial charge in [0.05, 0.1) is 19.3 Å². The summed E-state index contributed by atoms with van der Waals surface area (Å²) in [6.07, 6.45) is 7.38. The number of hydrogen-bond acceptors (Lipinski definition) is 7. The number of nitrogens with zero attached hydrogens (tertiary/aromatic N) is 6. The van der Waals surface area contributed by atoms with Gasteiger partial charge >= 0.3 is 0 Å². The van der Waals surface area contributed by atoms with Crippen LogP contribution in [-0.4, -0.2) is 62.5 Å². The van der Waals surface area contributed by atoms with Crippen LogP contribution < -0.4 is 5.32 Å². The number of hydrogen-bond donors (Lipinski definition) is 1. The second kappa shape index (κ2) is 8.24. The standard InChI is InChI=1S/C19H23N7O/c1-25-8-7-21-19(25)16-4-5-18(24-23-16)22-14-17(15-3-2-6-20-13-15)26-9-11-27-12-10-26/h2-8,13,17H,9-12,14H2,1H3,(H,22,24)/t17-/m0/s1. The van der Waals surface area contributed by atoms with Gasteiger partial charge in [-0.15, -0.1) is 10.2 Å². The summed E-state index contributed by atoms with van der Waals surface area (Å²) in [7, 11) is 1.94. The van der Waals surface area contributed by atoms with Crippen molar-refractivity contribution in [2.75, 3.05) is 38.2 Å². The number of pyridine rings is 1. The predicted molar refractivity (Wildman–Crippen MR) is 102 cm³/mol. The first-order valence-electron chi connectivity index (χ1n) is 9.08. The number of imidazole rings is 1. The highest BCUT2D eigenvalue weighted by Gasteiger charge is 2.22. The van der Waals surface area contributed by atoms with E-state index in [1.54, 1.807) is 12.4 Å². The first-order chi connectivity index (χ1) is 13.3. The third-order valence-corrected chi connectivity index (χ3v) is 4.75. The molecule has 27 heavy (non-hydrogen) atoms. The van der Waals surface area contributed by atoms with E-state index in [4.69, 9.17) is 4.74 Å². The Hall–Kier alpha value is -2.84. The Balaban J connectivity index is 1.46. The minimum Gasteiger partial charge on any atom is -0.379 e. The number of anilines is 1. The third kappa shape index (κ3) is 4.12. The Morgan fingerprint density at radius 2 is 2.04 bits per heavy atom. The average Bonchev–Trinajstić information content (AvgIpc) is 3.16. The van der Waals surface area contributed by atoms with Gasteiger partial charge in [0.25, 0.3) is 0 Å². The van der Waals surface area contributed by atoms with Gasteiger partial charge in [0.15, 0.2) is 5.82 Å². The Morgan fingerprint density at radius 3 is 2.70 bits per heavy atom. The maximum Gasteiger partial charge on any atom is 0.160 e. The molecule has 1 atom stereocenters. The van der Waals surface area contributed by atoms with Crippen LogP contribution in [0, 0.1) is 0 Å². The van der Waals surface area contributed by atoms with Crippen molar-refractivity contribution < 1.29 is 4.74 Å². The molecular weight excluding hydrogens is 342 g/mol. The molecule has 4 heterocycles. The largest absolute Gasteiger partial charge is 0.379 e. The minimum atomic E-state index is 0.207. The quantitative estimate of drug-likeness (QED) is 0.713. The molecule has 140 valence electrons. The minimum absolute atomic E-state index is 0.207. The SMILES string of the molecule is Cn1ccnc1-c1ccc(NC[C@@H](c2cccnc2)N2CCOCC2)nn1. The fourth-order valence-electron chi connectivity index (χ4n) is 3.28. The lowest BCUT2D eigenvalue weighted by Crippen LogP contribution is -2.41. The summed E-state index contributed by atoms with van der Waals surface area (Å²) in [5.41, 5.74) is 1.94. The van der Waals surface area contributed by atoms with Crippen molar-refractivity contribution >= 4 is 5.82 Å². The van der Waals surface area contributed by atoms with E-state index in [1.165, 1.54) is 5.56 Å². The topological polar surface area (TPSA) is 81.0 Å². The highest BCUT2D eigenvalue weighted by molar-refractivity contribution is 5.51. The second-order valence-electron chi connectivity index (χ2n) is 6.50. The summed E-state index contributed by atoms with van der Waals surface area (Å²) >= 11 is 0. The van der Waals surface area contributed by atoms with E-state index in [0.717, 1.165) is 50.2 Å². The Morgan fingerprint density at radius 1 is 1.15 bits per heavy atom. The molecule has 0 saturated carbocycles. The van der Waals surface area contributed by atoms with Crippen molar-refractivity contribution in [3.63, 3.8) is 0 Å². The van der Waals surface area contributed by atoms with E-state index in [9.17, 15) is 0 Å². The molecule has 0 amide bonds. The normalized spacial score (nSPS) is 16.2. The second-order valence-corrected chi connectivity index (χ2v) is 6.50. The van der Waals surface area contributed by atoms with Crippen LogP contribution in [0.2, 0.25) is 0 Å². The molecule has 1 saturated heterocycles. The van der Waals surface area contributed by atoms with Crippen molar-refractivity contribution in [2.24, 2.45) is 7.05 Å². The van der Waals surface area contributed by atoms with Crippen LogP contribution in [-0.2, 0) is 11.8 Å². The summed E-state index contributed by atoms with van der Waals surface area (Å²) in [4.78, 5) is 11.0. The van der Waals surface area contributed by atoms with Crippen LogP contribution in [0.3, 0.4) is 0 Å². The van der Waals surface area contributed by atoms with E-state index in [-0.39, 0.29) is 6.04 Å². The molecular formula is C19H23N7O. The molecule has 0 bridgehead atoms. The molecule has 0 aliphatic carbocycles. The van der Waals surface area contributed by atoms with Crippen molar-refractivity contribution in [2.45, 2.75) is 6.04 Å². The van der Waals surface area contributed by atoms with Crippen LogP contribution >= 0.6 is 0 Å².